The molecule has 2 N–H and O–H groups in total. The highest BCUT2D eigenvalue weighted by Gasteiger charge is 2.24. The minimum Gasteiger partial charge on any atom is -0.322 e. The van der Waals surface area contributed by atoms with Gasteiger partial charge in [-0.3, -0.25) is 4.79 Å². The number of fused-ring (bicyclic) bond motifs is 1. The topological polar surface area (TPSA) is 80.9 Å². The number of thiophene rings is 1. The Labute approximate surface area is 179 Å². The molecule has 1 unspecified atom stereocenters. The van der Waals surface area contributed by atoms with E-state index >= 15 is 0 Å². The number of aromatic amines is 1. The Morgan fingerprint density at radius 2 is 1.97 bits per heavy atom. The summed E-state index contributed by atoms with van der Waals surface area (Å²) < 4.78 is 1.87. The van der Waals surface area contributed by atoms with Gasteiger partial charge in [-0.25, -0.2) is 4.68 Å². The fourth-order valence-corrected chi connectivity index (χ4v) is 4.46. The van der Waals surface area contributed by atoms with Gasteiger partial charge in [-0.2, -0.15) is 0 Å². The van der Waals surface area contributed by atoms with Gasteiger partial charge in [0.05, 0.1) is 16.0 Å². The predicted octanol–water partition coefficient (Wildman–Crippen LogP) is 2.42. The summed E-state index contributed by atoms with van der Waals surface area (Å²) in [7, 11) is 0. The normalized spacial score (nSPS) is 13.1. The van der Waals surface area contributed by atoms with E-state index in [1.807, 2.05) is 22.9 Å². The second-order valence-electron chi connectivity index (χ2n) is 8.75. The van der Waals surface area contributed by atoms with E-state index in [2.05, 4.69) is 71.8 Å². The van der Waals surface area contributed by atoms with Crippen LogP contribution in [0.4, 0.5) is 0 Å². The van der Waals surface area contributed by atoms with Crippen molar-refractivity contribution in [2.75, 3.05) is 0 Å². The molecule has 30 heavy (non-hydrogen) atoms. The summed E-state index contributed by atoms with van der Waals surface area (Å²) in [5, 5.41) is 15.5. The quantitative estimate of drug-likeness (QED) is 0.499. The minimum atomic E-state index is -0.204. The number of hydrogen-bond donors (Lipinski definition) is 2. The van der Waals surface area contributed by atoms with Crippen molar-refractivity contribution in [2.24, 2.45) is 0 Å². The molecule has 0 aliphatic rings. The highest BCUT2D eigenvalue weighted by Crippen LogP contribution is 2.14. The minimum absolute atomic E-state index is 0.0366. The molecule has 0 aliphatic heterocycles. The van der Waals surface area contributed by atoms with E-state index in [1.165, 1.54) is 15.3 Å². The van der Waals surface area contributed by atoms with Crippen LogP contribution in [0.1, 0.15) is 42.6 Å². The Morgan fingerprint density at radius 1 is 1.13 bits per heavy atom. The molecular weight excluding hydrogens is 396 g/mol. The molecule has 3 aromatic heterocycles. The van der Waals surface area contributed by atoms with E-state index < -0.39 is 0 Å². The van der Waals surface area contributed by atoms with Crippen LogP contribution in [-0.4, -0.2) is 25.2 Å². The Morgan fingerprint density at radius 3 is 2.70 bits per heavy atom. The number of rotatable bonds is 6. The van der Waals surface area contributed by atoms with Crippen LogP contribution >= 0.6 is 11.3 Å². The molecule has 0 aliphatic carbocycles. The summed E-state index contributed by atoms with van der Waals surface area (Å²) in [6, 6.07) is 12.3. The van der Waals surface area contributed by atoms with E-state index in [4.69, 9.17) is 0 Å². The summed E-state index contributed by atoms with van der Waals surface area (Å²) in [6.45, 7) is 10.3. The van der Waals surface area contributed by atoms with Crippen LogP contribution in [-0.2, 0) is 25.2 Å². The van der Waals surface area contributed by atoms with Crippen LogP contribution in [0.3, 0.4) is 0 Å². The number of tetrazole rings is 1. The van der Waals surface area contributed by atoms with Gasteiger partial charge in [0, 0.05) is 5.52 Å². The lowest BCUT2D eigenvalue weighted by atomic mass is 10.1. The molecule has 3 heterocycles. The van der Waals surface area contributed by atoms with Crippen molar-refractivity contribution in [1.29, 1.82) is 0 Å². The molecule has 7 nitrogen and oxygen atoms in total. The summed E-state index contributed by atoms with van der Waals surface area (Å²) in [6.07, 6.45) is 0. The summed E-state index contributed by atoms with van der Waals surface area (Å²) in [4.78, 5) is 18.3. The Hall–Kier alpha value is -2.84. The Bertz CT molecular complexity index is 1200. The standard InChI is InChI=1S/C22H26N6OS/c1-15-7-8-19-16(10-15)11-17(21(29)23-19)12-27(13-18-6-5-9-30-18)14-20-24-25-26-28(20)22(2,3)4/h5-11H,12-14H2,1-4H3,(H,23,29)/p+1. The number of hydrogen-bond acceptors (Lipinski definition) is 5. The van der Waals surface area contributed by atoms with Crippen molar-refractivity contribution in [1.82, 2.24) is 25.2 Å². The van der Waals surface area contributed by atoms with Crippen molar-refractivity contribution < 1.29 is 4.90 Å². The molecule has 4 aromatic rings. The zero-order chi connectivity index (χ0) is 21.3. The molecule has 4 rings (SSSR count). The lowest BCUT2D eigenvalue weighted by Crippen LogP contribution is -3.08. The molecule has 1 atom stereocenters. The van der Waals surface area contributed by atoms with Gasteiger partial charge in [0.25, 0.3) is 5.56 Å². The van der Waals surface area contributed by atoms with Gasteiger partial charge >= 0.3 is 0 Å². The molecule has 8 heteroatoms. The molecule has 0 fully saturated rings. The van der Waals surface area contributed by atoms with Gasteiger partial charge in [-0.15, -0.1) is 16.4 Å². The van der Waals surface area contributed by atoms with Gasteiger partial charge in [-0.1, -0.05) is 17.7 Å². The van der Waals surface area contributed by atoms with Crippen molar-refractivity contribution in [3.05, 3.63) is 74.0 Å². The third-order valence-corrected chi connectivity index (χ3v) is 5.98. The van der Waals surface area contributed by atoms with Gasteiger partial charge in [-0.05, 0) is 73.2 Å². The maximum absolute atomic E-state index is 12.8. The molecule has 0 saturated heterocycles. The Kier molecular flexibility index (Phi) is 5.53. The molecule has 0 amide bonds. The number of pyridine rings is 1. The van der Waals surface area contributed by atoms with Crippen LogP contribution in [0.25, 0.3) is 10.9 Å². The zero-order valence-electron chi connectivity index (χ0n) is 17.8. The van der Waals surface area contributed by atoms with Crippen LogP contribution in [0.2, 0.25) is 0 Å². The first-order valence-electron chi connectivity index (χ1n) is 10.1. The second-order valence-corrected chi connectivity index (χ2v) is 9.78. The van der Waals surface area contributed by atoms with Crippen molar-refractivity contribution >= 4 is 22.2 Å². The van der Waals surface area contributed by atoms with E-state index in [1.54, 1.807) is 11.3 Å². The van der Waals surface area contributed by atoms with Gasteiger partial charge < -0.3 is 9.88 Å². The molecule has 1 aromatic carbocycles. The van der Waals surface area contributed by atoms with Gasteiger partial charge in [0.2, 0.25) is 5.82 Å². The number of benzene rings is 1. The monoisotopic (exact) mass is 423 g/mol. The highest BCUT2D eigenvalue weighted by molar-refractivity contribution is 7.09. The van der Waals surface area contributed by atoms with Crippen LogP contribution in [0, 0.1) is 6.92 Å². The SMILES string of the molecule is Cc1ccc2[nH]c(=O)c(C[NH+](Cc3cccs3)Cc3nnnn3C(C)(C)C)cc2c1. The van der Waals surface area contributed by atoms with Crippen LogP contribution in [0.15, 0.2) is 46.6 Å². The third kappa shape index (κ3) is 4.49. The molecule has 156 valence electrons. The highest BCUT2D eigenvalue weighted by atomic mass is 32.1. The van der Waals surface area contributed by atoms with Gasteiger partial charge in [0.1, 0.15) is 19.6 Å². The number of nitrogens with one attached hydrogen (secondary N) is 2. The lowest BCUT2D eigenvalue weighted by molar-refractivity contribution is -0.941. The number of aromatic nitrogens is 5. The van der Waals surface area contributed by atoms with Crippen molar-refractivity contribution in [2.45, 2.75) is 52.9 Å². The van der Waals surface area contributed by atoms with E-state index in [-0.39, 0.29) is 11.1 Å². The first-order chi connectivity index (χ1) is 14.3. The van der Waals surface area contributed by atoms with Crippen molar-refractivity contribution in [3.8, 4) is 0 Å². The molecule has 0 bridgehead atoms. The predicted molar refractivity (Wildman–Crippen MR) is 119 cm³/mol. The molecule has 0 spiro atoms. The average molecular weight is 424 g/mol. The smallest absolute Gasteiger partial charge is 0.257 e. The third-order valence-electron chi connectivity index (χ3n) is 5.10. The fourth-order valence-electron chi connectivity index (χ4n) is 3.68. The maximum Gasteiger partial charge on any atom is 0.257 e. The number of quaternary nitrogens is 1. The number of nitrogens with zero attached hydrogens (tertiary/aromatic N) is 4. The molecular formula is C22H27N6OS+. The maximum atomic E-state index is 12.8. The zero-order valence-corrected chi connectivity index (χ0v) is 18.6. The number of aryl methyl sites for hydroxylation is 1. The van der Waals surface area contributed by atoms with E-state index in [9.17, 15) is 4.79 Å². The second kappa shape index (κ2) is 8.12. The fraction of sp³-hybridized carbons (Fsp3) is 0.364. The first-order valence-corrected chi connectivity index (χ1v) is 10.9. The molecule has 0 radical (unpaired) electrons. The largest absolute Gasteiger partial charge is 0.322 e. The molecule has 0 saturated carbocycles. The Balaban J connectivity index is 1.67. The van der Waals surface area contributed by atoms with Crippen LogP contribution < -0.4 is 10.5 Å². The lowest BCUT2D eigenvalue weighted by Gasteiger charge is -2.23. The first kappa shape index (κ1) is 20.4. The van der Waals surface area contributed by atoms with E-state index in [0.29, 0.717) is 13.1 Å². The van der Waals surface area contributed by atoms with Crippen molar-refractivity contribution in [3.63, 3.8) is 0 Å². The van der Waals surface area contributed by atoms with Gasteiger partial charge in [0.15, 0.2) is 0 Å². The average Bonchev–Trinajstić information content (AvgIpc) is 3.34. The summed E-state index contributed by atoms with van der Waals surface area (Å²) in [5.41, 5.74) is 2.57. The van der Waals surface area contributed by atoms with E-state index in [0.717, 1.165) is 28.8 Å². The summed E-state index contributed by atoms with van der Waals surface area (Å²) >= 11 is 1.73. The number of H-pyrrole nitrogens is 1. The summed E-state index contributed by atoms with van der Waals surface area (Å²) in [5.74, 6) is 0.821. The van der Waals surface area contributed by atoms with Crippen LogP contribution in [0.5, 0.6) is 0 Å².